The first-order chi connectivity index (χ1) is 13.2. The average molecular weight is 363 g/mol. The van der Waals surface area contributed by atoms with Gasteiger partial charge in [-0.05, 0) is 55.2 Å². The lowest BCUT2D eigenvalue weighted by Crippen LogP contribution is -2.25. The molecule has 1 heterocycles. The molecule has 1 N–H and O–H groups in total. The lowest BCUT2D eigenvalue weighted by atomic mass is 10.2. The van der Waals surface area contributed by atoms with Crippen molar-refractivity contribution in [2.45, 2.75) is 26.2 Å². The van der Waals surface area contributed by atoms with Crippen molar-refractivity contribution in [2.24, 2.45) is 0 Å². The molecule has 2 aromatic carbocycles. The van der Waals surface area contributed by atoms with Crippen LogP contribution in [0, 0.1) is 6.92 Å². The predicted molar refractivity (Wildman–Crippen MR) is 106 cm³/mol. The largest absolute Gasteiger partial charge is 0.494 e. The maximum absolute atomic E-state index is 12.0. The fourth-order valence-electron chi connectivity index (χ4n) is 2.75. The molecule has 0 aliphatic heterocycles. The second-order valence-corrected chi connectivity index (χ2v) is 6.50. The molecule has 5 heteroatoms. The number of nitrogens with one attached hydrogen (secondary N) is 1. The third kappa shape index (κ3) is 5.99. The summed E-state index contributed by atoms with van der Waals surface area (Å²) in [4.78, 5) is 12.0. The molecule has 0 saturated carbocycles. The number of hydrogen-bond acceptors (Lipinski definition) is 3. The molecule has 140 valence electrons. The minimum atomic E-state index is 0.0537. The van der Waals surface area contributed by atoms with Crippen LogP contribution in [0.5, 0.6) is 5.75 Å². The van der Waals surface area contributed by atoms with Gasteiger partial charge in [0, 0.05) is 19.2 Å². The molecule has 1 amide bonds. The standard InChI is InChI=1S/C22H25N3O2/c1-18-7-5-10-21(15-18)27-14-6-13-23-22(26)12-11-19-16-24-25(17-19)20-8-3-2-4-9-20/h2-5,7-10,15-17H,6,11-14H2,1H3,(H,23,26). The molecule has 1 aromatic heterocycles. The number of carbonyl (C=O) groups is 1. The second kappa shape index (κ2) is 9.57. The quantitative estimate of drug-likeness (QED) is 0.590. The Kier molecular flexibility index (Phi) is 6.63. The number of nitrogens with zero attached hydrogens (tertiary/aromatic N) is 2. The van der Waals surface area contributed by atoms with E-state index < -0.39 is 0 Å². The molecule has 0 saturated heterocycles. The minimum absolute atomic E-state index is 0.0537. The summed E-state index contributed by atoms with van der Waals surface area (Å²) in [6.07, 6.45) is 5.71. The summed E-state index contributed by atoms with van der Waals surface area (Å²) in [5, 5.41) is 7.30. The number of aromatic nitrogens is 2. The first kappa shape index (κ1) is 18.7. The molecule has 0 aliphatic carbocycles. The fraction of sp³-hybridized carbons (Fsp3) is 0.273. The molecular formula is C22H25N3O2. The Morgan fingerprint density at radius 2 is 2.00 bits per heavy atom. The molecule has 0 fully saturated rings. The Hall–Kier alpha value is -3.08. The van der Waals surface area contributed by atoms with Crippen LogP contribution >= 0.6 is 0 Å². The van der Waals surface area contributed by atoms with Crippen LogP contribution in [0.2, 0.25) is 0 Å². The highest BCUT2D eigenvalue weighted by Crippen LogP contribution is 2.12. The van der Waals surface area contributed by atoms with Gasteiger partial charge in [0.2, 0.25) is 5.91 Å². The summed E-state index contributed by atoms with van der Waals surface area (Å²) < 4.78 is 7.51. The van der Waals surface area contributed by atoms with Crippen molar-refractivity contribution in [1.29, 1.82) is 0 Å². The number of amides is 1. The van der Waals surface area contributed by atoms with Gasteiger partial charge in [0.15, 0.2) is 0 Å². The molecule has 27 heavy (non-hydrogen) atoms. The van der Waals surface area contributed by atoms with E-state index in [0.717, 1.165) is 23.4 Å². The minimum Gasteiger partial charge on any atom is -0.494 e. The highest BCUT2D eigenvalue weighted by Gasteiger charge is 2.05. The summed E-state index contributed by atoms with van der Waals surface area (Å²) in [6.45, 7) is 3.25. The predicted octanol–water partition coefficient (Wildman–Crippen LogP) is 3.70. The van der Waals surface area contributed by atoms with Crippen molar-refractivity contribution in [3.63, 3.8) is 0 Å². The SMILES string of the molecule is Cc1cccc(OCCCNC(=O)CCc2cnn(-c3ccccc3)c2)c1. The van der Waals surface area contributed by atoms with Crippen molar-refractivity contribution in [2.75, 3.05) is 13.2 Å². The Labute approximate surface area is 160 Å². The Balaban J connectivity index is 1.32. The zero-order chi connectivity index (χ0) is 18.9. The van der Waals surface area contributed by atoms with Crippen LogP contribution in [0.1, 0.15) is 24.0 Å². The van der Waals surface area contributed by atoms with Crippen LogP contribution < -0.4 is 10.1 Å². The lowest BCUT2D eigenvalue weighted by molar-refractivity contribution is -0.121. The highest BCUT2D eigenvalue weighted by atomic mass is 16.5. The van der Waals surface area contributed by atoms with Crippen molar-refractivity contribution >= 4 is 5.91 Å². The number of hydrogen-bond donors (Lipinski definition) is 1. The molecule has 3 rings (SSSR count). The summed E-state index contributed by atoms with van der Waals surface area (Å²) >= 11 is 0. The molecule has 5 nitrogen and oxygen atoms in total. The zero-order valence-corrected chi connectivity index (χ0v) is 15.6. The van der Waals surface area contributed by atoms with Crippen molar-refractivity contribution in [3.05, 3.63) is 78.1 Å². The molecule has 3 aromatic rings. The van der Waals surface area contributed by atoms with Crippen LogP contribution in [-0.4, -0.2) is 28.8 Å². The number of ether oxygens (including phenoxy) is 1. The summed E-state index contributed by atoms with van der Waals surface area (Å²) in [5.41, 5.74) is 3.25. The van der Waals surface area contributed by atoms with E-state index in [1.54, 1.807) is 0 Å². The van der Waals surface area contributed by atoms with Gasteiger partial charge in [-0.2, -0.15) is 5.10 Å². The summed E-state index contributed by atoms with van der Waals surface area (Å²) in [7, 11) is 0. The number of aryl methyl sites for hydroxylation is 2. The van der Waals surface area contributed by atoms with Crippen LogP contribution in [0.4, 0.5) is 0 Å². The molecule has 0 unspecified atom stereocenters. The van der Waals surface area contributed by atoms with E-state index in [1.165, 1.54) is 5.56 Å². The number of rotatable bonds is 9. The molecule has 0 bridgehead atoms. The van der Waals surface area contributed by atoms with Crippen LogP contribution in [0.3, 0.4) is 0 Å². The van der Waals surface area contributed by atoms with E-state index in [0.29, 0.717) is 26.0 Å². The fourth-order valence-corrected chi connectivity index (χ4v) is 2.75. The first-order valence-corrected chi connectivity index (χ1v) is 9.26. The van der Waals surface area contributed by atoms with Crippen LogP contribution in [-0.2, 0) is 11.2 Å². The molecule has 0 spiro atoms. The van der Waals surface area contributed by atoms with Crippen molar-refractivity contribution in [3.8, 4) is 11.4 Å². The van der Waals surface area contributed by atoms with Gasteiger partial charge in [-0.1, -0.05) is 30.3 Å². The third-order valence-corrected chi connectivity index (χ3v) is 4.20. The molecular weight excluding hydrogens is 338 g/mol. The topological polar surface area (TPSA) is 56.1 Å². The molecule has 0 radical (unpaired) electrons. The van der Waals surface area contributed by atoms with Gasteiger partial charge in [-0.25, -0.2) is 4.68 Å². The van der Waals surface area contributed by atoms with Gasteiger partial charge in [-0.15, -0.1) is 0 Å². The monoisotopic (exact) mass is 363 g/mol. The first-order valence-electron chi connectivity index (χ1n) is 9.26. The van der Waals surface area contributed by atoms with E-state index in [9.17, 15) is 4.79 Å². The maximum Gasteiger partial charge on any atom is 0.220 e. The second-order valence-electron chi connectivity index (χ2n) is 6.50. The Morgan fingerprint density at radius 1 is 1.15 bits per heavy atom. The number of benzene rings is 2. The smallest absolute Gasteiger partial charge is 0.220 e. The molecule has 0 aliphatic rings. The number of para-hydroxylation sites is 1. The van der Waals surface area contributed by atoms with E-state index >= 15 is 0 Å². The Morgan fingerprint density at radius 3 is 2.81 bits per heavy atom. The third-order valence-electron chi connectivity index (χ3n) is 4.20. The summed E-state index contributed by atoms with van der Waals surface area (Å²) in [5.74, 6) is 0.926. The van der Waals surface area contributed by atoms with Gasteiger partial charge in [-0.3, -0.25) is 4.79 Å². The molecule has 0 atom stereocenters. The highest BCUT2D eigenvalue weighted by molar-refractivity contribution is 5.76. The maximum atomic E-state index is 12.0. The van der Waals surface area contributed by atoms with E-state index in [1.807, 2.05) is 78.6 Å². The summed E-state index contributed by atoms with van der Waals surface area (Å²) in [6, 6.07) is 17.9. The average Bonchev–Trinajstić information content (AvgIpc) is 3.16. The lowest BCUT2D eigenvalue weighted by Gasteiger charge is -2.08. The van der Waals surface area contributed by atoms with E-state index in [-0.39, 0.29) is 5.91 Å². The number of carbonyl (C=O) groups excluding carboxylic acids is 1. The van der Waals surface area contributed by atoms with Gasteiger partial charge in [0.05, 0.1) is 18.5 Å². The van der Waals surface area contributed by atoms with Gasteiger partial charge in [0.25, 0.3) is 0 Å². The van der Waals surface area contributed by atoms with E-state index in [4.69, 9.17) is 4.74 Å². The Bertz CT molecular complexity index is 859. The van der Waals surface area contributed by atoms with Crippen molar-refractivity contribution in [1.82, 2.24) is 15.1 Å². The van der Waals surface area contributed by atoms with E-state index in [2.05, 4.69) is 10.4 Å². The van der Waals surface area contributed by atoms with Crippen molar-refractivity contribution < 1.29 is 9.53 Å². The zero-order valence-electron chi connectivity index (χ0n) is 15.6. The van der Waals surface area contributed by atoms with Crippen LogP contribution in [0.25, 0.3) is 5.69 Å². The van der Waals surface area contributed by atoms with Gasteiger partial charge >= 0.3 is 0 Å². The van der Waals surface area contributed by atoms with Gasteiger partial charge < -0.3 is 10.1 Å². The van der Waals surface area contributed by atoms with Gasteiger partial charge in [0.1, 0.15) is 5.75 Å². The normalized spacial score (nSPS) is 10.6. The van der Waals surface area contributed by atoms with Crippen LogP contribution in [0.15, 0.2) is 67.0 Å².